The Hall–Kier alpha value is -1.35. The molecule has 1 aliphatic carbocycles. The van der Waals surface area contributed by atoms with Crippen LogP contribution >= 0.6 is 7.60 Å². The molecule has 1 aromatic carbocycles. The third-order valence-electron chi connectivity index (χ3n) is 3.05. The van der Waals surface area contributed by atoms with Gasteiger partial charge in [0.15, 0.2) is 5.78 Å². The van der Waals surface area contributed by atoms with E-state index in [0.717, 1.165) is 17.7 Å². The van der Waals surface area contributed by atoms with E-state index in [9.17, 15) is 4.57 Å². The Morgan fingerprint density at radius 3 is 2.42 bits per heavy atom. The lowest BCUT2D eigenvalue weighted by Crippen LogP contribution is -2.23. The fraction of sp³-hybridized carbons (Fsp3) is 0.286. The largest absolute Gasteiger partial charge is 0.368 e. The van der Waals surface area contributed by atoms with Crippen molar-refractivity contribution in [2.45, 2.75) is 12.2 Å². The van der Waals surface area contributed by atoms with Crippen LogP contribution in [0.4, 0.5) is 5.69 Å². The van der Waals surface area contributed by atoms with Crippen LogP contribution in [-0.2, 0) is 13.6 Å². The molecule has 102 valence electrons. The predicted octanol–water partition coefficient (Wildman–Crippen LogP) is 3.80. The Morgan fingerprint density at radius 1 is 1.21 bits per heavy atom. The molecule has 0 saturated heterocycles. The molecule has 0 heterocycles. The van der Waals surface area contributed by atoms with Crippen LogP contribution in [0.1, 0.15) is 6.42 Å². The first kappa shape index (κ1) is 14.1. The topological polar surface area (TPSA) is 47.6 Å². The maximum atomic E-state index is 12.7. The maximum Gasteiger partial charge on any atom is 0.356 e. The van der Waals surface area contributed by atoms with Crippen molar-refractivity contribution in [1.82, 2.24) is 0 Å². The van der Waals surface area contributed by atoms with Gasteiger partial charge < -0.3 is 14.4 Å². The molecule has 1 N–H and O–H groups in total. The van der Waals surface area contributed by atoms with Crippen LogP contribution in [0.5, 0.6) is 0 Å². The highest BCUT2D eigenvalue weighted by atomic mass is 31.2. The summed E-state index contributed by atoms with van der Waals surface area (Å²) < 4.78 is 22.9. The van der Waals surface area contributed by atoms with Crippen molar-refractivity contribution in [2.75, 3.05) is 19.5 Å². The highest BCUT2D eigenvalue weighted by Gasteiger charge is 2.36. The molecule has 1 unspecified atom stereocenters. The number of hydrogen-bond acceptors (Lipinski definition) is 4. The first-order chi connectivity index (χ1) is 9.19. The minimum atomic E-state index is -3.23. The molecule has 2 rings (SSSR count). The number of anilines is 1. The second-order valence-electron chi connectivity index (χ2n) is 4.19. The summed E-state index contributed by atoms with van der Waals surface area (Å²) in [5, 5.41) is 3.24. The Kier molecular flexibility index (Phi) is 4.59. The van der Waals surface area contributed by atoms with Gasteiger partial charge in [-0.2, -0.15) is 0 Å². The van der Waals surface area contributed by atoms with Crippen molar-refractivity contribution in [3.05, 3.63) is 54.1 Å². The van der Waals surface area contributed by atoms with Crippen LogP contribution in [0.2, 0.25) is 0 Å². The first-order valence-corrected chi connectivity index (χ1v) is 7.69. The fourth-order valence-corrected chi connectivity index (χ4v) is 3.49. The summed E-state index contributed by atoms with van der Waals surface area (Å²) in [6.45, 7) is 0. The third-order valence-corrected chi connectivity index (χ3v) is 5.16. The molecule has 0 bridgehead atoms. The highest BCUT2D eigenvalue weighted by molar-refractivity contribution is 7.55. The first-order valence-electron chi connectivity index (χ1n) is 6.08. The second kappa shape index (κ2) is 6.20. The lowest BCUT2D eigenvalue weighted by atomic mass is 10.2. The third kappa shape index (κ3) is 3.16. The lowest BCUT2D eigenvalue weighted by Gasteiger charge is -2.27. The van der Waals surface area contributed by atoms with E-state index >= 15 is 0 Å². The van der Waals surface area contributed by atoms with Gasteiger partial charge in [-0.25, -0.2) is 0 Å². The van der Waals surface area contributed by atoms with Gasteiger partial charge >= 0.3 is 7.60 Å². The number of rotatable bonds is 6. The van der Waals surface area contributed by atoms with E-state index in [2.05, 4.69) is 5.32 Å². The normalized spacial score (nSPS) is 16.2. The summed E-state index contributed by atoms with van der Waals surface area (Å²) >= 11 is 0. The van der Waals surface area contributed by atoms with E-state index in [0.29, 0.717) is 0 Å². The van der Waals surface area contributed by atoms with E-state index in [1.807, 2.05) is 48.6 Å². The molecular formula is C14H18NO3P. The van der Waals surface area contributed by atoms with Gasteiger partial charge in [-0.3, -0.25) is 4.57 Å². The SMILES string of the molecule is COP(=O)(OC)C(Nc1ccccc1)C1=CC=CC1. The summed E-state index contributed by atoms with van der Waals surface area (Å²) in [7, 11) is -0.406. The van der Waals surface area contributed by atoms with Gasteiger partial charge in [0.1, 0.15) is 0 Å². The summed E-state index contributed by atoms with van der Waals surface area (Å²) in [5.74, 6) is -0.472. The van der Waals surface area contributed by atoms with Gasteiger partial charge in [0.05, 0.1) is 0 Å². The number of allylic oxidation sites excluding steroid dienone is 3. The average molecular weight is 279 g/mol. The molecule has 1 aliphatic rings. The zero-order valence-electron chi connectivity index (χ0n) is 11.1. The summed E-state index contributed by atoms with van der Waals surface area (Å²) in [4.78, 5) is 0. The van der Waals surface area contributed by atoms with Crippen molar-refractivity contribution >= 4 is 13.3 Å². The van der Waals surface area contributed by atoms with Crippen molar-refractivity contribution in [2.24, 2.45) is 0 Å². The molecule has 0 radical (unpaired) electrons. The predicted molar refractivity (Wildman–Crippen MR) is 77.3 cm³/mol. The van der Waals surface area contributed by atoms with Crippen LogP contribution in [0.25, 0.3) is 0 Å². The van der Waals surface area contributed by atoms with Crippen molar-refractivity contribution < 1.29 is 13.6 Å². The molecule has 0 amide bonds. The quantitative estimate of drug-likeness (QED) is 0.805. The van der Waals surface area contributed by atoms with Crippen molar-refractivity contribution in [3.8, 4) is 0 Å². The molecule has 1 atom stereocenters. The molecule has 5 heteroatoms. The summed E-state index contributed by atoms with van der Waals surface area (Å²) in [5.41, 5.74) is 1.88. The minimum Gasteiger partial charge on any atom is -0.368 e. The Morgan fingerprint density at radius 2 is 1.89 bits per heavy atom. The molecule has 19 heavy (non-hydrogen) atoms. The van der Waals surface area contributed by atoms with E-state index in [1.165, 1.54) is 14.2 Å². The number of nitrogens with one attached hydrogen (secondary N) is 1. The zero-order valence-corrected chi connectivity index (χ0v) is 12.0. The average Bonchev–Trinajstić information content (AvgIpc) is 2.99. The highest BCUT2D eigenvalue weighted by Crippen LogP contribution is 2.55. The van der Waals surface area contributed by atoms with Gasteiger partial charge in [-0.1, -0.05) is 36.4 Å². The Bertz CT molecular complexity index is 517. The maximum absolute atomic E-state index is 12.7. The van der Waals surface area contributed by atoms with Gasteiger partial charge in [0, 0.05) is 19.9 Å². The summed E-state index contributed by atoms with van der Waals surface area (Å²) in [6, 6.07) is 9.62. The Labute approximate surface area is 113 Å². The van der Waals surface area contributed by atoms with Gasteiger partial charge in [0.25, 0.3) is 0 Å². The van der Waals surface area contributed by atoms with Crippen molar-refractivity contribution in [3.63, 3.8) is 0 Å². The van der Waals surface area contributed by atoms with Crippen LogP contribution in [0.3, 0.4) is 0 Å². The number of benzene rings is 1. The zero-order chi connectivity index (χ0) is 13.7. The summed E-state index contributed by atoms with van der Waals surface area (Å²) in [6.07, 6.45) is 6.67. The van der Waals surface area contributed by atoms with Gasteiger partial charge in [0.2, 0.25) is 0 Å². The molecule has 0 aromatic heterocycles. The molecule has 0 aliphatic heterocycles. The van der Waals surface area contributed by atoms with Crippen LogP contribution in [0.15, 0.2) is 54.1 Å². The lowest BCUT2D eigenvalue weighted by molar-refractivity contribution is 0.271. The van der Waals surface area contributed by atoms with Crippen LogP contribution in [0, 0.1) is 0 Å². The molecular weight excluding hydrogens is 261 g/mol. The number of para-hydroxylation sites is 1. The number of hydrogen-bond donors (Lipinski definition) is 1. The van der Waals surface area contributed by atoms with E-state index in [1.54, 1.807) is 0 Å². The minimum absolute atomic E-state index is 0.472. The second-order valence-corrected chi connectivity index (χ2v) is 6.52. The molecule has 1 aromatic rings. The fourth-order valence-electron chi connectivity index (χ4n) is 2.02. The van der Waals surface area contributed by atoms with E-state index < -0.39 is 13.4 Å². The molecule has 0 fully saturated rings. The van der Waals surface area contributed by atoms with Gasteiger partial charge in [-0.05, 0) is 24.1 Å². The van der Waals surface area contributed by atoms with E-state index in [4.69, 9.17) is 9.05 Å². The van der Waals surface area contributed by atoms with Crippen LogP contribution in [-0.4, -0.2) is 20.0 Å². The molecule has 0 saturated carbocycles. The van der Waals surface area contributed by atoms with Crippen LogP contribution < -0.4 is 5.32 Å². The monoisotopic (exact) mass is 279 g/mol. The van der Waals surface area contributed by atoms with Gasteiger partial charge in [-0.15, -0.1) is 0 Å². The van der Waals surface area contributed by atoms with E-state index in [-0.39, 0.29) is 0 Å². The standard InChI is InChI=1S/C14H18NO3P/c1-17-19(16,18-2)14(12-8-6-7-9-12)15-13-10-4-3-5-11-13/h3-8,10-11,14-15H,9H2,1-2H3. The van der Waals surface area contributed by atoms with Crippen molar-refractivity contribution in [1.29, 1.82) is 0 Å². The molecule has 0 spiro atoms. The molecule has 4 nitrogen and oxygen atoms in total. The Balaban J connectivity index is 2.27. The smallest absolute Gasteiger partial charge is 0.356 e.